The lowest BCUT2D eigenvalue weighted by atomic mass is 10.3. The van der Waals surface area contributed by atoms with Gasteiger partial charge in [0.1, 0.15) is 9.71 Å². The molecule has 0 aliphatic heterocycles. The first-order chi connectivity index (χ1) is 6.18. The summed E-state index contributed by atoms with van der Waals surface area (Å²) in [6.07, 6.45) is 1.57. The van der Waals surface area contributed by atoms with Crippen molar-refractivity contribution < 1.29 is 9.90 Å². The summed E-state index contributed by atoms with van der Waals surface area (Å²) in [5, 5.41) is 9.43. The van der Waals surface area contributed by atoms with Gasteiger partial charge in [0.2, 0.25) is 0 Å². The van der Waals surface area contributed by atoms with Crippen molar-refractivity contribution in [2.24, 2.45) is 0 Å². The van der Waals surface area contributed by atoms with Crippen LogP contribution in [0.1, 0.15) is 9.67 Å². The van der Waals surface area contributed by atoms with Crippen molar-refractivity contribution in [2.45, 2.75) is 0 Å². The molecule has 4 nitrogen and oxygen atoms in total. The van der Waals surface area contributed by atoms with Gasteiger partial charge in [0.15, 0.2) is 0 Å². The number of carboxylic acids is 1. The zero-order valence-corrected chi connectivity index (χ0v) is 7.34. The Balaban J connectivity index is 2.75. The van der Waals surface area contributed by atoms with Crippen molar-refractivity contribution >= 4 is 33.2 Å². The lowest BCUT2D eigenvalue weighted by Gasteiger charge is -1.91. The molecular formula is C8H6N2O2S. The molecule has 0 amide bonds. The number of rotatable bonds is 1. The minimum absolute atomic E-state index is 0.264. The zero-order valence-electron chi connectivity index (χ0n) is 6.52. The number of carbonyl (C=O) groups is 1. The molecule has 2 heterocycles. The van der Waals surface area contributed by atoms with Crippen molar-refractivity contribution in [1.82, 2.24) is 4.98 Å². The Hall–Kier alpha value is -1.62. The zero-order chi connectivity index (χ0) is 9.42. The average Bonchev–Trinajstić information content (AvgIpc) is 2.49. The molecule has 0 saturated carbocycles. The van der Waals surface area contributed by atoms with Crippen LogP contribution < -0.4 is 5.73 Å². The molecule has 3 N–H and O–H groups in total. The van der Waals surface area contributed by atoms with Crippen molar-refractivity contribution in [2.75, 3.05) is 5.73 Å². The Morgan fingerprint density at radius 3 is 3.00 bits per heavy atom. The molecule has 66 valence electrons. The first-order valence-corrected chi connectivity index (χ1v) is 4.37. The fourth-order valence-electron chi connectivity index (χ4n) is 1.06. The number of thiophene rings is 1. The monoisotopic (exact) mass is 194 g/mol. The highest BCUT2D eigenvalue weighted by Gasteiger charge is 2.10. The molecule has 2 aromatic rings. The maximum Gasteiger partial charge on any atom is 0.345 e. The second-order valence-corrected chi connectivity index (χ2v) is 3.57. The molecule has 0 unspecified atom stereocenters. The molecule has 2 rings (SSSR count). The number of hydrogen-bond donors (Lipinski definition) is 2. The van der Waals surface area contributed by atoms with Crippen LogP contribution in [0.3, 0.4) is 0 Å². The van der Waals surface area contributed by atoms with Crippen molar-refractivity contribution in [1.29, 1.82) is 0 Å². The van der Waals surface area contributed by atoms with Crippen LogP contribution >= 0.6 is 11.3 Å². The second-order valence-electron chi connectivity index (χ2n) is 2.53. The van der Waals surface area contributed by atoms with Crippen molar-refractivity contribution in [3.63, 3.8) is 0 Å². The minimum atomic E-state index is -0.942. The predicted molar refractivity (Wildman–Crippen MR) is 51.0 cm³/mol. The standard InChI is InChI=1S/C8H6N2O2S/c9-5-1-2-10-7-4(5)3-6(13-7)8(11)12/h1-3H,(H2,9,10)(H,11,12). The van der Waals surface area contributed by atoms with Crippen LogP contribution in [-0.2, 0) is 0 Å². The normalized spacial score (nSPS) is 10.5. The smallest absolute Gasteiger partial charge is 0.345 e. The molecule has 0 bridgehead atoms. The van der Waals surface area contributed by atoms with E-state index in [9.17, 15) is 4.79 Å². The number of anilines is 1. The van der Waals surface area contributed by atoms with Crippen LogP contribution in [0, 0.1) is 0 Å². The Bertz CT molecular complexity index is 478. The molecule has 2 aromatic heterocycles. The van der Waals surface area contributed by atoms with Crippen LogP contribution in [0.5, 0.6) is 0 Å². The van der Waals surface area contributed by atoms with Gasteiger partial charge in [-0.05, 0) is 12.1 Å². The van der Waals surface area contributed by atoms with Gasteiger partial charge in [-0.25, -0.2) is 9.78 Å². The second kappa shape index (κ2) is 2.70. The Kier molecular flexibility index (Phi) is 1.66. The number of hydrogen-bond acceptors (Lipinski definition) is 4. The fraction of sp³-hybridized carbons (Fsp3) is 0. The molecule has 0 aliphatic carbocycles. The van der Waals surface area contributed by atoms with E-state index in [4.69, 9.17) is 10.8 Å². The van der Waals surface area contributed by atoms with Crippen molar-refractivity contribution in [3.05, 3.63) is 23.2 Å². The minimum Gasteiger partial charge on any atom is -0.477 e. The van der Waals surface area contributed by atoms with Crippen LogP contribution in [-0.4, -0.2) is 16.1 Å². The van der Waals surface area contributed by atoms with E-state index in [0.29, 0.717) is 15.9 Å². The summed E-state index contributed by atoms with van der Waals surface area (Å²) in [5.41, 5.74) is 6.21. The van der Waals surface area contributed by atoms with E-state index in [0.717, 1.165) is 11.3 Å². The van der Waals surface area contributed by atoms with E-state index in [-0.39, 0.29) is 4.88 Å². The maximum absolute atomic E-state index is 10.6. The maximum atomic E-state index is 10.6. The largest absolute Gasteiger partial charge is 0.477 e. The van der Waals surface area contributed by atoms with E-state index < -0.39 is 5.97 Å². The Morgan fingerprint density at radius 1 is 1.62 bits per heavy atom. The van der Waals surface area contributed by atoms with E-state index in [1.807, 2.05) is 0 Å². The van der Waals surface area contributed by atoms with Crippen molar-refractivity contribution in [3.8, 4) is 0 Å². The fourth-order valence-corrected chi connectivity index (χ4v) is 1.94. The summed E-state index contributed by atoms with van der Waals surface area (Å²) in [6.45, 7) is 0. The molecule has 5 heteroatoms. The van der Waals surface area contributed by atoms with Crippen LogP contribution in [0.25, 0.3) is 10.2 Å². The predicted octanol–water partition coefficient (Wildman–Crippen LogP) is 1.58. The SMILES string of the molecule is Nc1ccnc2sc(C(=O)O)cc12. The Labute approximate surface area is 77.6 Å². The molecule has 0 spiro atoms. The van der Waals surface area contributed by atoms with Gasteiger partial charge >= 0.3 is 5.97 Å². The third-order valence-electron chi connectivity index (χ3n) is 1.68. The van der Waals surface area contributed by atoms with E-state index in [1.165, 1.54) is 0 Å². The van der Waals surface area contributed by atoms with Crippen LogP contribution in [0.15, 0.2) is 18.3 Å². The molecule has 0 fully saturated rings. The summed E-state index contributed by atoms with van der Waals surface area (Å²) >= 11 is 1.13. The highest BCUT2D eigenvalue weighted by atomic mass is 32.1. The average molecular weight is 194 g/mol. The van der Waals surface area contributed by atoms with Gasteiger partial charge < -0.3 is 10.8 Å². The molecule has 13 heavy (non-hydrogen) atoms. The van der Waals surface area contributed by atoms with Gasteiger partial charge in [-0.15, -0.1) is 11.3 Å². The summed E-state index contributed by atoms with van der Waals surface area (Å²) in [7, 11) is 0. The van der Waals surface area contributed by atoms with Gasteiger partial charge in [0.05, 0.1) is 0 Å². The molecular weight excluding hydrogens is 188 g/mol. The van der Waals surface area contributed by atoms with E-state index in [2.05, 4.69) is 4.98 Å². The van der Waals surface area contributed by atoms with Gasteiger partial charge in [-0.1, -0.05) is 0 Å². The topological polar surface area (TPSA) is 76.2 Å². The summed E-state index contributed by atoms with van der Waals surface area (Å²) in [5.74, 6) is -0.942. The van der Waals surface area contributed by atoms with Gasteiger partial charge in [0, 0.05) is 17.3 Å². The number of aromatic carboxylic acids is 1. The van der Waals surface area contributed by atoms with Crippen LogP contribution in [0.2, 0.25) is 0 Å². The molecule has 0 atom stereocenters. The number of nitrogens with two attached hydrogens (primary N) is 1. The quantitative estimate of drug-likeness (QED) is 0.722. The highest BCUT2D eigenvalue weighted by Crippen LogP contribution is 2.27. The lowest BCUT2D eigenvalue weighted by Crippen LogP contribution is -1.89. The number of carboxylic acid groups (broad SMARTS) is 1. The number of nitrogens with zero attached hydrogens (tertiary/aromatic N) is 1. The Morgan fingerprint density at radius 2 is 2.38 bits per heavy atom. The van der Waals surface area contributed by atoms with E-state index in [1.54, 1.807) is 18.3 Å². The molecule has 0 saturated heterocycles. The summed E-state index contributed by atoms with van der Waals surface area (Å²) in [4.78, 5) is 15.6. The number of fused-ring (bicyclic) bond motifs is 1. The third kappa shape index (κ3) is 1.23. The molecule has 0 aliphatic rings. The van der Waals surface area contributed by atoms with Gasteiger partial charge in [-0.2, -0.15) is 0 Å². The summed E-state index contributed by atoms with van der Waals surface area (Å²) < 4.78 is 0. The van der Waals surface area contributed by atoms with E-state index >= 15 is 0 Å². The number of aromatic nitrogens is 1. The van der Waals surface area contributed by atoms with Gasteiger partial charge in [0.25, 0.3) is 0 Å². The summed E-state index contributed by atoms with van der Waals surface area (Å²) in [6, 6.07) is 3.20. The molecule has 0 radical (unpaired) electrons. The first kappa shape index (κ1) is 8.00. The third-order valence-corrected chi connectivity index (χ3v) is 2.71. The lowest BCUT2D eigenvalue weighted by molar-refractivity contribution is 0.0702. The van der Waals surface area contributed by atoms with Gasteiger partial charge in [-0.3, -0.25) is 0 Å². The number of nitrogen functional groups attached to an aromatic ring is 1. The highest BCUT2D eigenvalue weighted by molar-refractivity contribution is 7.20. The first-order valence-electron chi connectivity index (χ1n) is 3.56. The van der Waals surface area contributed by atoms with Crippen LogP contribution in [0.4, 0.5) is 5.69 Å². The molecule has 0 aromatic carbocycles. The number of pyridine rings is 1.